The minimum absolute atomic E-state index is 0.0679. The van der Waals surface area contributed by atoms with Crippen LogP contribution in [-0.2, 0) is 15.7 Å². The highest BCUT2D eigenvalue weighted by Gasteiger charge is 2.44. The zero-order chi connectivity index (χ0) is 16.3. The molecule has 1 fully saturated rings. The van der Waals surface area contributed by atoms with Gasteiger partial charge < -0.3 is 15.2 Å². The van der Waals surface area contributed by atoms with Crippen molar-refractivity contribution in [1.29, 1.82) is 0 Å². The number of hydrogen-bond acceptors (Lipinski definition) is 3. The van der Waals surface area contributed by atoms with E-state index in [-0.39, 0.29) is 30.9 Å². The number of ether oxygens (including phenoxy) is 1. The number of nitrogens with one attached hydrogen (secondary N) is 1. The summed E-state index contributed by atoms with van der Waals surface area (Å²) >= 11 is 0. The van der Waals surface area contributed by atoms with E-state index in [1.165, 1.54) is 13.2 Å². The van der Waals surface area contributed by atoms with Gasteiger partial charge in [-0.2, -0.15) is 13.2 Å². The first-order valence-electron chi connectivity index (χ1n) is 6.94. The Labute approximate surface area is 126 Å². The summed E-state index contributed by atoms with van der Waals surface area (Å²) in [6.45, 7) is 0.181. The zero-order valence-corrected chi connectivity index (χ0v) is 12.1. The van der Waals surface area contributed by atoms with Gasteiger partial charge in [-0.1, -0.05) is 18.2 Å². The van der Waals surface area contributed by atoms with Gasteiger partial charge in [0.15, 0.2) is 0 Å². The Hall–Kier alpha value is -1.60. The van der Waals surface area contributed by atoms with E-state index in [1.807, 2.05) is 0 Å². The van der Waals surface area contributed by atoms with Crippen LogP contribution in [0.4, 0.5) is 13.2 Å². The van der Waals surface area contributed by atoms with E-state index in [0.717, 1.165) is 12.1 Å². The van der Waals surface area contributed by atoms with Crippen LogP contribution >= 0.6 is 0 Å². The Morgan fingerprint density at radius 1 is 1.50 bits per heavy atom. The van der Waals surface area contributed by atoms with E-state index in [9.17, 15) is 23.1 Å². The van der Waals surface area contributed by atoms with Crippen molar-refractivity contribution in [3.63, 3.8) is 0 Å². The second-order valence-electron chi connectivity index (χ2n) is 5.43. The van der Waals surface area contributed by atoms with Gasteiger partial charge in [0.1, 0.15) is 0 Å². The Kier molecular flexibility index (Phi) is 5.08. The van der Waals surface area contributed by atoms with Gasteiger partial charge in [-0.15, -0.1) is 0 Å². The minimum Gasteiger partial charge on any atom is -0.389 e. The molecular weight excluding hydrogens is 299 g/mol. The number of aliphatic hydroxyl groups is 1. The summed E-state index contributed by atoms with van der Waals surface area (Å²) < 4.78 is 42.8. The molecule has 1 amide bonds. The summed E-state index contributed by atoms with van der Waals surface area (Å²) in [7, 11) is 1.44. The van der Waals surface area contributed by atoms with E-state index in [2.05, 4.69) is 5.32 Å². The first-order chi connectivity index (χ1) is 10.3. The van der Waals surface area contributed by atoms with Crippen LogP contribution in [0.5, 0.6) is 0 Å². The lowest BCUT2D eigenvalue weighted by Crippen LogP contribution is -2.35. The number of methoxy groups -OCH3 is 1. The highest BCUT2D eigenvalue weighted by atomic mass is 19.4. The molecule has 0 bridgehead atoms. The highest BCUT2D eigenvalue weighted by molar-refractivity contribution is 5.82. The molecule has 122 valence electrons. The van der Waals surface area contributed by atoms with Crippen molar-refractivity contribution in [3.05, 3.63) is 35.4 Å². The predicted molar refractivity (Wildman–Crippen MR) is 73.2 cm³/mol. The molecule has 1 saturated carbocycles. The maximum atomic E-state index is 12.7. The van der Waals surface area contributed by atoms with Crippen LogP contribution in [0.1, 0.15) is 23.5 Å². The molecule has 22 heavy (non-hydrogen) atoms. The van der Waals surface area contributed by atoms with Crippen molar-refractivity contribution in [2.24, 2.45) is 5.92 Å². The van der Waals surface area contributed by atoms with Crippen molar-refractivity contribution >= 4 is 5.91 Å². The summed E-state index contributed by atoms with van der Waals surface area (Å²) in [6.07, 6.45) is -4.65. The third-order valence-corrected chi connectivity index (χ3v) is 3.64. The Morgan fingerprint density at radius 3 is 2.86 bits per heavy atom. The minimum atomic E-state index is -4.38. The summed E-state index contributed by atoms with van der Waals surface area (Å²) in [5.74, 6) is -0.780. The van der Waals surface area contributed by atoms with Gasteiger partial charge in [-0.05, 0) is 24.0 Å². The van der Waals surface area contributed by atoms with Crippen LogP contribution in [0.15, 0.2) is 24.3 Å². The standard InChI is InChI=1S/C15H18F3NO3/c1-22-8-11(20)7-19-14(21)13-6-12(13)9-3-2-4-10(5-9)15(16,17)18/h2-5,11-13,20H,6-8H2,1H3,(H,19,21). The van der Waals surface area contributed by atoms with Gasteiger partial charge in [-0.25, -0.2) is 0 Å². The zero-order valence-electron chi connectivity index (χ0n) is 12.1. The van der Waals surface area contributed by atoms with Crippen molar-refractivity contribution in [3.8, 4) is 0 Å². The van der Waals surface area contributed by atoms with Crippen molar-refractivity contribution < 1.29 is 27.8 Å². The van der Waals surface area contributed by atoms with Gasteiger partial charge in [0.25, 0.3) is 0 Å². The van der Waals surface area contributed by atoms with Gasteiger partial charge in [0, 0.05) is 19.6 Å². The lowest BCUT2D eigenvalue weighted by atomic mass is 10.1. The molecule has 0 heterocycles. The second kappa shape index (κ2) is 6.66. The summed E-state index contributed by atoms with van der Waals surface area (Å²) in [6, 6.07) is 5.07. The smallest absolute Gasteiger partial charge is 0.389 e. The maximum Gasteiger partial charge on any atom is 0.416 e. The average molecular weight is 317 g/mol. The lowest BCUT2D eigenvalue weighted by molar-refractivity contribution is -0.137. The average Bonchev–Trinajstić information content (AvgIpc) is 3.25. The molecule has 0 spiro atoms. The number of hydrogen-bond donors (Lipinski definition) is 2. The number of alkyl halides is 3. The molecule has 1 aliphatic rings. The van der Waals surface area contributed by atoms with Crippen LogP contribution in [-0.4, -0.2) is 37.4 Å². The molecule has 0 radical (unpaired) electrons. The molecule has 4 nitrogen and oxygen atoms in total. The number of carbonyl (C=O) groups excluding carboxylic acids is 1. The van der Waals surface area contributed by atoms with Gasteiger partial charge in [-0.3, -0.25) is 4.79 Å². The molecule has 0 aliphatic heterocycles. The molecule has 7 heteroatoms. The summed E-state index contributed by atoms with van der Waals surface area (Å²) in [5, 5.41) is 12.0. The Bertz CT molecular complexity index is 533. The number of aliphatic hydroxyl groups excluding tert-OH is 1. The van der Waals surface area contributed by atoms with E-state index in [1.54, 1.807) is 6.07 Å². The van der Waals surface area contributed by atoms with E-state index in [0.29, 0.717) is 12.0 Å². The van der Waals surface area contributed by atoms with Crippen LogP contribution in [0, 0.1) is 5.92 Å². The highest BCUT2D eigenvalue weighted by Crippen LogP contribution is 2.48. The first kappa shape index (κ1) is 16.8. The molecule has 2 rings (SSSR count). The van der Waals surface area contributed by atoms with Gasteiger partial charge in [0.2, 0.25) is 5.91 Å². The SMILES string of the molecule is COCC(O)CNC(=O)C1CC1c1cccc(C(F)(F)F)c1. The fraction of sp³-hybridized carbons (Fsp3) is 0.533. The molecule has 3 unspecified atom stereocenters. The van der Waals surface area contributed by atoms with Crippen LogP contribution in [0.3, 0.4) is 0 Å². The number of rotatable bonds is 6. The molecule has 3 atom stereocenters. The molecular formula is C15H18F3NO3. The molecule has 0 saturated heterocycles. The molecule has 1 aromatic rings. The van der Waals surface area contributed by atoms with Gasteiger partial charge >= 0.3 is 6.18 Å². The van der Waals surface area contributed by atoms with Gasteiger partial charge in [0.05, 0.1) is 18.3 Å². The summed E-state index contributed by atoms with van der Waals surface area (Å²) in [4.78, 5) is 11.9. The third kappa shape index (κ3) is 4.20. The van der Waals surface area contributed by atoms with Crippen LogP contribution in [0.2, 0.25) is 0 Å². The van der Waals surface area contributed by atoms with Crippen molar-refractivity contribution in [1.82, 2.24) is 5.32 Å². The first-order valence-corrected chi connectivity index (χ1v) is 6.94. The molecule has 1 aromatic carbocycles. The third-order valence-electron chi connectivity index (χ3n) is 3.64. The molecule has 0 aromatic heterocycles. The number of carbonyl (C=O) groups is 1. The fourth-order valence-electron chi connectivity index (χ4n) is 2.40. The molecule has 2 N–H and O–H groups in total. The molecule has 1 aliphatic carbocycles. The topological polar surface area (TPSA) is 58.6 Å². The lowest BCUT2D eigenvalue weighted by Gasteiger charge is -2.11. The monoisotopic (exact) mass is 317 g/mol. The number of amides is 1. The maximum absolute atomic E-state index is 12.7. The van der Waals surface area contributed by atoms with Crippen molar-refractivity contribution in [2.75, 3.05) is 20.3 Å². The van der Waals surface area contributed by atoms with Crippen molar-refractivity contribution in [2.45, 2.75) is 24.6 Å². The Balaban J connectivity index is 1.91. The fourth-order valence-corrected chi connectivity index (χ4v) is 2.40. The Morgan fingerprint density at radius 2 is 2.23 bits per heavy atom. The van der Waals surface area contributed by atoms with Crippen LogP contribution < -0.4 is 5.32 Å². The van der Waals surface area contributed by atoms with E-state index in [4.69, 9.17) is 4.74 Å². The second-order valence-corrected chi connectivity index (χ2v) is 5.43. The van der Waals surface area contributed by atoms with E-state index >= 15 is 0 Å². The van der Waals surface area contributed by atoms with E-state index < -0.39 is 17.8 Å². The van der Waals surface area contributed by atoms with Crippen LogP contribution in [0.25, 0.3) is 0 Å². The largest absolute Gasteiger partial charge is 0.416 e. The number of benzene rings is 1. The predicted octanol–water partition coefficient (Wildman–Crippen LogP) is 1.93. The quantitative estimate of drug-likeness (QED) is 0.843. The summed E-state index contributed by atoms with van der Waals surface area (Å²) in [5.41, 5.74) is -0.181. The normalized spacial score (nSPS) is 22.2. The number of halogens is 3.